The van der Waals surface area contributed by atoms with Crippen molar-refractivity contribution >= 4 is 21.6 Å². The van der Waals surface area contributed by atoms with E-state index in [2.05, 4.69) is 27.0 Å². The van der Waals surface area contributed by atoms with Crippen molar-refractivity contribution in [3.63, 3.8) is 0 Å². The van der Waals surface area contributed by atoms with E-state index in [1.165, 1.54) is 0 Å². The van der Waals surface area contributed by atoms with Crippen LogP contribution in [0.1, 0.15) is 19.8 Å². The smallest absolute Gasteiger partial charge is 0.227 e. The van der Waals surface area contributed by atoms with E-state index < -0.39 is 9.84 Å². The maximum atomic E-state index is 12.0. The van der Waals surface area contributed by atoms with Crippen LogP contribution in [0.4, 0.5) is 11.8 Å². The molecular weight excluding hydrogens is 354 g/mol. The number of piperidine rings is 1. The second kappa shape index (κ2) is 6.61. The van der Waals surface area contributed by atoms with Gasteiger partial charge in [-0.1, -0.05) is 6.92 Å². The van der Waals surface area contributed by atoms with E-state index in [0.717, 1.165) is 44.8 Å². The molecule has 0 amide bonds. The number of hydrogen-bond donors (Lipinski definition) is 2. The zero-order valence-corrected chi connectivity index (χ0v) is 16.0. The summed E-state index contributed by atoms with van der Waals surface area (Å²) in [7, 11) is -3.00. The normalized spacial score (nSPS) is 30.2. The van der Waals surface area contributed by atoms with Crippen molar-refractivity contribution < 1.29 is 13.5 Å². The summed E-state index contributed by atoms with van der Waals surface area (Å²) < 4.78 is 24.1. The Morgan fingerprint density at radius 3 is 2.81 bits per heavy atom. The Hall–Kier alpha value is -1.45. The Bertz CT molecular complexity index is 763. The zero-order valence-electron chi connectivity index (χ0n) is 15.1. The van der Waals surface area contributed by atoms with Crippen LogP contribution in [0.15, 0.2) is 12.3 Å². The van der Waals surface area contributed by atoms with Crippen LogP contribution in [0.5, 0.6) is 0 Å². The fraction of sp³-hybridized carbons (Fsp3) is 0.765. The minimum Gasteiger partial charge on any atom is -0.396 e. The highest BCUT2D eigenvalue weighted by atomic mass is 32.2. The second-order valence-electron chi connectivity index (χ2n) is 8.07. The lowest BCUT2D eigenvalue weighted by Crippen LogP contribution is -2.57. The van der Waals surface area contributed by atoms with Gasteiger partial charge in [0, 0.05) is 45.0 Å². The number of aromatic nitrogens is 2. The number of sulfone groups is 1. The van der Waals surface area contributed by atoms with E-state index in [1.54, 1.807) is 6.20 Å². The van der Waals surface area contributed by atoms with E-state index in [9.17, 15) is 13.5 Å². The summed E-state index contributed by atoms with van der Waals surface area (Å²) in [5, 5.41) is 12.9. The van der Waals surface area contributed by atoms with E-state index in [0.29, 0.717) is 5.95 Å². The number of hydrogen-bond acceptors (Lipinski definition) is 8. The molecule has 2 N–H and O–H groups in total. The monoisotopic (exact) mass is 381 g/mol. The topological polar surface area (TPSA) is 98.7 Å². The number of piperazine rings is 1. The molecular formula is C17H27N5O3S. The van der Waals surface area contributed by atoms with Crippen LogP contribution < -0.4 is 15.1 Å². The molecule has 2 atom stereocenters. The molecule has 3 saturated heterocycles. The minimum absolute atomic E-state index is 0.0158. The maximum Gasteiger partial charge on any atom is 0.227 e. The molecule has 3 aliphatic rings. The Balaban J connectivity index is 1.53. The van der Waals surface area contributed by atoms with E-state index in [-0.39, 0.29) is 35.6 Å². The Morgan fingerprint density at radius 1 is 1.31 bits per heavy atom. The summed E-state index contributed by atoms with van der Waals surface area (Å²) in [5.74, 6) is 1.89. The minimum atomic E-state index is -3.00. The summed E-state index contributed by atoms with van der Waals surface area (Å²) in [6.07, 6.45) is 3.58. The average molecular weight is 382 g/mol. The molecule has 9 heteroatoms. The molecule has 26 heavy (non-hydrogen) atoms. The molecule has 3 aliphatic heterocycles. The van der Waals surface area contributed by atoms with Crippen LogP contribution in [0, 0.1) is 5.41 Å². The van der Waals surface area contributed by atoms with Crippen LogP contribution in [0.3, 0.4) is 0 Å². The quantitative estimate of drug-likeness (QED) is 0.733. The second-order valence-corrected chi connectivity index (χ2v) is 10.2. The van der Waals surface area contributed by atoms with Gasteiger partial charge in [-0.25, -0.2) is 13.4 Å². The fourth-order valence-corrected chi connectivity index (χ4v) is 6.16. The molecule has 0 unspecified atom stereocenters. The molecule has 1 aromatic heterocycles. The molecule has 0 aliphatic carbocycles. The first-order valence-electron chi connectivity index (χ1n) is 9.28. The van der Waals surface area contributed by atoms with Crippen LogP contribution in [0.25, 0.3) is 0 Å². The summed E-state index contributed by atoms with van der Waals surface area (Å²) in [6.45, 7) is 5.47. The lowest BCUT2D eigenvalue weighted by atomic mass is 9.81. The zero-order chi connectivity index (χ0) is 18.4. The summed E-state index contributed by atoms with van der Waals surface area (Å²) in [5.41, 5.74) is -0.0158. The average Bonchev–Trinajstić information content (AvgIpc) is 2.96. The predicted octanol–water partition coefficient (Wildman–Crippen LogP) is -0.349. The van der Waals surface area contributed by atoms with Crippen molar-refractivity contribution in [2.24, 2.45) is 5.41 Å². The van der Waals surface area contributed by atoms with Crippen molar-refractivity contribution in [1.82, 2.24) is 15.3 Å². The molecule has 4 rings (SSSR count). The Kier molecular flexibility index (Phi) is 4.56. The van der Waals surface area contributed by atoms with Crippen LogP contribution in [-0.4, -0.2) is 79.9 Å². The number of nitrogens with zero attached hydrogens (tertiary/aromatic N) is 4. The molecule has 0 spiro atoms. The van der Waals surface area contributed by atoms with Crippen molar-refractivity contribution in [1.29, 1.82) is 0 Å². The first-order valence-corrected chi connectivity index (χ1v) is 11.1. The van der Waals surface area contributed by atoms with Gasteiger partial charge in [0.1, 0.15) is 5.82 Å². The lowest BCUT2D eigenvalue weighted by molar-refractivity contribution is 0.114. The molecule has 144 valence electrons. The van der Waals surface area contributed by atoms with Crippen molar-refractivity contribution in [2.45, 2.75) is 31.8 Å². The SMILES string of the molecule is CC1(CO)CCN(c2nccc(N3CCN[C@@H]4CS(=O)(=O)C[C@@H]43)n2)CC1. The fourth-order valence-electron chi connectivity index (χ4n) is 4.21. The van der Waals surface area contributed by atoms with E-state index in [4.69, 9.17) is 4.98 Å². The summed E-state index contributed by atoms with van der Waals surface area (Å²) in [6, 6.07) is 1.79. The van der Waals surface area contributed by atoms with Gasteiger partial charge in [-0.15, -0.1) is 0 Å². The largest absolute Gasteiger partial charge is 0.396 e. The van der Waals surface area contributed by atoms with Gasteiger partial charge in [0.2, 0.25) is 5.95 Å². The number of fused-ring (bicyclic) bond motifs is 1. The predicted molar refractivity (Wildman–Crippen MR) is 100 cm³/mol. The van der Waals surface area contributed by atoms with Gasteiger partial charge in [0.15, 0.2) is 9.84 Å². The van der Waals surface area contributed by atoms with Gasteiger partial charge in [-0.05, 0) is 24.3 Å². The number of nitrogens with one attached hydrogen (secondary N) is 1. The number of aliphatic hydroxyl groups excluding tert-OH is 1. The number of rotatable bonds is 3. The van der Waals surface area contributed by atoms with Crippen LogP contribution in [0.2, 0.25) is 0 Å². The molecule has 4 heterocycles. The van der Waals surface area contributed by atoms with Crippen LogP contribution in [-0.2, 0) is 9.84 Å². The van der Waals surface area contributed by atoms with Gasteiger partial charge in [-0.2, -0.15) is 4.98 Å². The highest BCUT2D eigenvalue weighted by Crippen LogP contribution is 2.32. The van der Waals surface area contributed by atoms with Gasteiger partial charge >= 0.3 is 0 Å². The number of aliphatic hydroxyl groups is 1. The van der Waals surface area contributed by atoms with Gasteiger partial charge in [-0.3, -0.25) is 0 Å². The van der Waals surface area contributed by atoms with Crippen molar-refractivity contribution in [2.75, 3.05) is 54.1 Å². The Labute approximate surface area is 154 Å². The van der Waals surface area contributed by atoms with E-state index >= 15 is 0 Å². The molecule has 1 aromatic rings. The molecule has 0 radical (unpaired) electrons. The first kappa shape index (κ1) is 17.9. The maximum absolute atomic E-state index is 12.0. The van der Waals surface area contributed by atoms with Crippen molar-refractivity contribution in [3.8, 4) is 0 Å². The first-order chi connectivity index (χ1) is 12.4. The molecule has 0 aromatic carbocycles. The molecule has 0 bridgehead atoms. The van der Waals surface area contributed by atoms with Crippen molar-refractivity contribution in [3.05, 3.63) is 12.3 Å². The molecule has 8 nitrogen and oxygen atoms in total. The number of anilines is 2. The lowest BCUT2D eigenvalue weighted by Gasteiger charge is -2.40. The standard InChI is InChI=1S/C17H27N5O3S/c1-17(12-23)3-7-21(8-4-17)16-19-5-2-15(20-16)22-9-6-18-13-10-26(24,25)11-14(13)22/h2,5,13-14,18,23H,3-4,6-12H2,1H3/t13-,14+/m1/s1. The Morgan fingerprint density at radius 2 is 2.08 bits per heavy atom. The van der Waals surface area contributed by atoms with Gasteiger partial charge in [0.25, 0.3) is 0 Å². The van der Waals surface area contributed by atoms with Crippen LogP contribution >= 0.6 is 0 Å². The third-order valence-corrected chi connectivity index (χ3v) is 7.76. The third-order valence-electron chi connectivity index (χ3n) is 6.04. The van der Waals surface area contributed by atoms with E-state index in [1.807, 2.05) is 6.07 Å². The summed E-state index contributed by atoms with van der Waals surface area (Å²) in [4.78, 5) is 13.5. The highest BCUT2D eigenvalue weighted by molar-refractivity contribution is 7.91. The molecule has 3 fully saturated rings. The van der Waals surface area contributed by atoms with Gasteiger partial charge in [0.05, 0.1) is 17.5 Å². The summed E-state index contributed by atoms with van der Waals surface area (Å²) >= 11 is 0. The van der Waals surface area contributed by atoms with Gasteiger partial charge < -0.3 is 20.2 Å². The highest BCUT2D eigenvalue weighted by Gasteiger charge is 2.43. The molecule has 0 saturated carbocycles. The third kappa shape index (κ3) is 3.39.